The van der Waals surface area contributed by atoms with E-state index in [2.05, 4.69) is 37.4 Å². The van der Waals surface area contributed by atoms with E-state index < -0.39 is 0 Å². The van der Waals surface area contributed by atoms with Crippen molar-refractivity contribution in [3.8, 4) is 5.75 Å². The summed E-state index contributed by atoms with van der Waals surface area (Å²) in [6, 6.07) is 8.70. The second-order valence-corrected chi connectivity index (χ2v) is 3.99. The molecule has 0 amide bonds. The minimum absolute atomic E-state index is 0.387. The molecular weight excluding hydrogens is 198 g/mol. The number of hydrogen-bond acceptors (Lipinski definition) is 2. The first-order chi connectivity index (χ1) is 7.83. The predicted molar refractivity (Wildman–Crippen MR) is 68.9 cm³/mol. The SMILES string of the molecule is CCCCOc1ccccc1C(CC)NC. The van der Waals surface area contributed by atoms with Gasteiger partial charge in [0.25, 0.3) is 0 Å². The first kappa shape index (κ1) is 13.0. The van der Waals surface area contributed by atoms with Gasteiger partial charge in [0, 0.05) is 11.6 Å². The zero-order chi connectivity index (χ0) is 11.8. The highest BCUT2D eigenvalue weighted by Crippen LogP contribution is 2.26. The molecule has 0 saturated carbocycles. The number of benzene rings is 1. The van der Waals surface area contributed by atoms with Crippen LogP contribution < -0.4 is 10.1 Å². The third-order valence-corrected chi connectivity index (χ3v) is 2.81. The Hall–Kier alpha value is -1.02. The van der Waals surface area contributed by atoms with Gasteiger partial charge in [0.15, 0.2) is 0 Å². The van der Waals surface area contributed by atoms with Gasteiger partial charge in [-0.2, -0.15) is 0 Å². The van der Waals surface area contributed by atoms with Gasteiger partial charge in [0.2, 0.25) is 0 Å². The first-order valence-corrected chi connectivity index (χ1v) is 6.22. The van der Waals surface area contributed by atoms with Gasteiger partial charge in [0.05, 0.1) is 6.61 Å². The van der Waals surface area contributed by atoms with Crippen LogP contribution in [0.25, 0.3) is 0 Å². The van der Waals surface area contributed by atoms with Crippen LogP contribution in [0.2, 0.25) is 0 Å². The second-order valence-electron chi connectivity index (χ2n) is 3.99. The summed E-state index contributed by atoms with van der Waals surface area (Å²) < 4.78 is 5.82. The zero-order valence-electron chi connectivity index (χ0n) is 10.6. The molecule has 0 aliphatic carbocycles. The number of hydrogen-bond donors (Lipinski definition) is 1. The smallest absolute Gasteiger partial charge is 0.124 e. The monoisotopic (exact) mass is 221 g/mol. The molecule has 0 aromatic heterocycles. The van der Waals surface area contributed by atoms with Crippen molar-refractivity contribution < 1.29 is 4.74 Å². The van der Waals surface area contributed by atoms with E-state index in [9.17, 15) is 0 Å². The van der Waals surface area contributed by atoms with Crippen LogP contribution in [0.15, 0.2) is 24.3 Å². The third-order valence-electron chi connectivity index (χ3n) is 2.81. The molecule has 1 aromatic carbocycles. The molecule has 0 bridgehead atoms. The Morgan fingerprint density at radius 3 is 2.62 bits per heavy atom. The van der Waals surface area contributed by atoms with E-state index in [4.69, 9.17) is 4.74 Å². The third kappa shape index (κ3) is 3.53. The maximum absolute atomic E-state index is 5.82. The number of unbranched alkanes of at least 4 members (excludes halogenated alkanes) is 1. The Kier molecular flexibility index (Phi) is 5.94. The fourth-order valence-corrected chi connectivity index (χ4v) is 1.81. The summed E-state index contributed by atoms with van der Waals surface area (Å²) in [6.45, 7) is 5.18. The van der Waals surface area contributed by atoms with E-state index in [1.54, 1.807) is 0 Å². The van der Waals surface area contributed by atoms with Gasteiger partial charge < -0.3 is 10.1 Å². The Morgan fingerprint density at radius 2 is 2.00 bits per heavy atom. The second kappa shape index (κ2) is 7.29. The molecule has 0 fully saturated rings. The Morgan fingerprint density at radius 1 is 1.25 bits per heavy atom. The molecular formula is C14H23NO. The molecule has 0 heterocycles. The van der Waals surface area contributed by atoms with E-state index in [1.807, 2.05) is 13.1 Å². The van der Waals surface area contributed by atoms with Crippen molar-refractivity contribution >= 4 is 0 Å². The highest BCUT2D eigenvalue weighted by Gasteiger charge is 2.11. The van der Waals surface area contributed by atoms with Gasteiger partial charge in [0.1, 0.15) is 5.75 Å². The lowest BCUT2D eigenvalue weighted by Gasteiger charge is -2.18. The van der Waals surface area contributed by atoms with Crippen molar-refractivity contribution in [1.82, 2.24) is 5.32 Å². The topological polar surface area (TPSA) is 21.3 Å². The van der Waals surface area contributed by atoms with Crippen molar-refractivity contribution in [1.29, 1.82) is 0 Å². The van der Waals surface area contributed by atoms with Crippen LogP contribution in [-0.2, 0) is 0 Å². The highest BCUT2D eigenvalue weighted by molar-refractivity contribution is 5.35. The number of nitrogens with one attached hydrogen (secondary N) is 1. The van der Waals surface area contributed by atoms with Crippen molar-refractivity contribution in [2.45, 2.75) is 39.2 Å². The molecule has 2 heteroatoms. The number of rotatable bonds is 7. The molecule has 0 aliphatic rings. The summed E-state index contributed by atoms with van der Waals surface area (Å²) in [5.41, 5.74) is 1.27. The van der Waals surface area contributed by atoms with Crippen molar-refractivity contribution in [3.05, 3.63) is 29.8 Å². The Labute approximate surface area is 99.0 Å². The van der Waals surface area contributed by atoms with Crippen LogP contribution in [0, 0.1) is 0 Å². The van der Waals surface area contributed by atoms with E-state index in [1.165, 1.54) is 12.0 Å². The lowest BCUT2D eigenvalue weighted by molar-refractivity contribution is 0.302. The molecule has 90 valence electrons. The Balaban J connectivity index is 2.74. The molecule has 16 heavy (non-hydrogen) atoms. The quantitative estimate of drug-likeness (QED) is 0.711. The van der Waals surface area contributed by atoms with Gasteiger partial charge in [-0.25, -0.2) is 0 Å². The van der Waals surface area contributed by atoms with Crippen LogP contribution in [0.5, 0.6) is 5.75 Å². The molecule has 1 N–H and O–H groups in total. The molecule has 0 spiro atoms. The summed E-state index contributed by atoms with van der Waals surface area (Å²) in [7, 11) is 2.00. The average Bonchev–Trinajstić information content (AvgIpc) is 2.33. The molecule has 0 radical (unpaired) electrons. The average molecular weight is 221 g/mol. The summed E-state index contributed by atoms with van der Waals surface area (Å²) in [5.74, 6) is 1.03. The van der Waals surface area contributed by atoms with Crippen molar-refractivity contribution in [2.24, 2.45) is 0 Å². The summed E-state index contributed by atoms with van der Waals surface area (Å²) in [6.07, 6.45) is 3.36. The summed E-state index contributed by atoms with van der Waals surface area (Å²) in [5, 5.41) is 3.32. The van der Waals surface area contributed by atoms with Crippen LogP contribution in [0.4, 0.5) is 0 Å². The molecule has 2 nitrogen and oxygen atoms in total. The normalized spacial score (nSPS) is 12.4. The van der Waals surface area contributed by atoms with Crippen LogP contribution in [-0.4, -0.2) is 13.7 Å². The van der Waals surface area contributed by atoms with Crippen LogP contribution >= 0.6 is 0 Å². The van der Waals surface area contributed by atoms with E-state index in [-0.39, 0.29) is 0 Å². The van der Waals surface area contributed by atoms with Gasteiger partial charge in [-0.1, -0.05) is 38.5 Å². The van der Waals surface area contributed by atoms with E-state index >= 15 is 0 Å². The van der Waals surface area contributed by atoms with Crippen LogP contribution in [0.1, 0.15) is 44.7 Å². The summed E-state index contributed by atoms with van der Waals surface area (Å²) >= 11 is 0. The number of ether oxygens (including phenoxy) is 1. The standard InChI is InChI=1S/C14H23NO/c1-4-6-11-16-14-10-8-7-9-12(14)13(5-2)15-3/h7-10,13,15H,4-6,11H2,1-3H3. The fourth-order valence-electron chi connectivity index (χ4n) is 1.81. The summed E-state index contributed by atoms with van der Waals surface area (Å²) in [4.78, 5) is 0. The predicted octanol–water partition coefficient (Wildman–Crippen LogP) is 3.54. The van der Waals surface area contributed by atoms with Gasteiger partial charge in [-0.05, 0) is 26.0 Å². The first-order valence-electron chi connectivity index (χ1n) is 6.22. The van der Waals surface area contributed by atoms with Gasteiger partial charge >= 0.3 is 0 Å². The molecule has 1 unspecified atom stereocenters. The fraction of sp³-hybridized carbons (Fsp3) is 0.571. The maximum Gasteiger partial charge on any atom is 0.124 e. The minimum atomic E-state index is 0.387. The molecule has 1 atom stereocenters. The molecule has 0 saturated heterocycles. The lowest BCUT2D eigenvalue weighted by atomic mass is 10.0. The highest BCUT2D eigenvalue weighted by atomic mass is 16.5. The van der Waals surface area contributed by atoms with E-state index in [0.717, 1.165) is 25.2 Å². The molecule has 1 rings (SSSR count). The van der Waals surface area contributed by atoms with E-state index in [0.29, 0.717) is 6.04 Å². The molecule has 0 aliphatic heterocycles. The van der Waals surface area contributed by atoms with Crippen molar-refractivity contribution in [2.75, 3.05) is 13.7 Å². The zero-order valence-corrected chi connectivity index (χ0v) is 10.6. The van der Waals surface area contributed by atoms with Gasteiger partial charge in [-0.15, -0.1) is 0 Å². The largest absolute Gasteiger partial charge is 0.493 e. The molecule has 1 aromatic rings. The Bertz CT molecular complexity index is 295. The minimum Gasteiger partial charge on any atom is -0.493 e. The van der Waals surface area contributed by atoms with Gasteiger partial charge in [-0.3, -0.25) is 0 Å². The van der Waals surface area contributed by atoms with Crippen molar-refractivity contribution in [3.63, 3.8) is 0 Å². The maximum atomic E-state index is 5.82. The van der Waals surface area contributed by atoms with Crippen LogP contribution in [0.3, 0.4) is 0 Å². The lowest BCUT2D eigenvalue weighted by Crippen LogP contribution is -2.16. The number of para-hydroxylation sites is 1.